The lowest BCUT2D eigenvalue weighted by atomic mass is 9.89. The lowest BCUT2D eigenvalue weighted by Gasteiger charge is -2.21. The van der Waals surface area contributed by atoms with Gasteiger partial charge in [-0.25, -0.2) is 4.79 Å². The monoisotopic (exact) mass is 232 g/mol. The Hall–Kier alpha value is -1.03. The summed E-state index contributed by atoms with van der Waals surface area (Å²) in [4.78, 5) is 22.5. The van der Waals surface area contributed by atoms with Crippen molar-refractivity contribution in [3.63, 3.8) is 0 Å². The first-order valence-electron chi connectivity index (χ1n) is 4.63. The van der Waals surface area contributed by atoms with Crippen molar-refractivity contribution < 1.29 is 19.1 Å². The molecule has 0 aromatic carbocycles. The molecule has 0 aliphatic heterocycles. The standard InChI is InChI=1S/C10H13ClO4/c1-14-9(12)6-3-4-7(8(11)5-6)10(13)15-2/h6H,3-5H2,1-2H3. The molecule has 0 fully saturated rings. The van der Waals surface area contributed by atoms with Crippen LogP contribution in [0.4, 0.5) is 0 Å². The molecular formula is C10H13ClO4. The molecule has 1 aliphatic carbocycles. The molecule has 15 heavy (non-hydrogen) atoms. The number of carbonyl (C=O) groups excluding carboxylic acids is 2. The lowest BCUT2D eigenvalue weighted by molar-refractivity contribution is -0.146. The molecule has 1 aliphatic rings. The average Bonchev–Trinajstić information content (AvgIpc) is 2.26. The van der Waals surface area contributed by atoms with E-state index in [0.29, 0.717) is 29.9 Å². The molecule has 84 valence electrons. The average molecular weight is 233 g/mol. The first-order valence-corrected chi connectivity index (χ1v) is 5.01. The molecule has 5 heteroatoms. The van der Waals surface area contributed by atoms with Crippen LogP contribution in [0.15, 0.2) is 10.6 Å². The number of methoxy groups -OCH3 is 2. The van der Waals surface area contributed by atoms with E-state index >= 15 is 0 Å². The first-order chi connectivity index (χ1) is 7.10. The minimum Gasteiger partial charge on any atom is -0.469 e. The predicted octanol–water partition coefficient (Wildman–Crippen LogP) is 1.63. The van der Waals surface area contributed by atoms with E-state index in [-0.39, 0.29) is 11.9 Å². The van der Waals surface area contributed by atoms with Crippen LogP contribution in [0.2, 0.25) is 0 Å². The first kappa shape index (κ1) is 12.0. The van der Waals surface area contributed by atoms with Crippen LogP contribution in [0.25, 0.3) is 0 Å². The highest BCUT2D eigenvalue weighted by Gasteiger charge is 2.29. The molecule has 0 N–H and O–H groups in total. The molecule has 0 heterocycles. The molecule has 1 unspecified atom stereocenters. The number of halogens is 1. The van der Waals surface area contributed by atoms with Crippen LogP contribution in [-0.4, -0.2) is 26.2 Å². The lowest BCUT2D eigenvalue weighted by Crippen LogP contribution is -2.22. The second kappa shape index (κ2) is 5.16. The molecule has 0 aromatic heterocycles. The zero-order valence-electron chi connectivity index (χ0n) is 8.71. The Morgan fingerprint density at radius 2 is 2.00 bits per heavy atom. The van der Waals surface area contributed by atoms with E-state index in [0.717, 1.165) is 0 Å². The fraction of sp³-hybridized carbons (Fsp3) is 0.600. The van der Waals surface area contributed by atoms with E-state index in [1.807, 2.05) is 0 Å². The van der Waals surface area contributed by atoms with Gasteiger partial charge in [0.25, 0.3) is 0 Å². The van der Waals surface area contributed by atoms with E-state index in [9.17, 15) is 9.59 Å². The molecule has 1 atom stereocenters. The van der Waals surface area contributed by atoms with Crippen molar-refractivity contribution in [3.8, 4) is 0 Å². The van der Waals surface area contributed by atoms with Crippen LogP contribution < -0.4 is 0 Å². The second-order valence-electron chi connectivity index (χ2n) is 3.34. The van der Waals surface area contributed by atoms with Crippen molar-refractivity contribution in [1.29, 1.82) is 0 Å². The third-order valence-corrected chi connectivity index (χ3v) is 2.84. The number of esters is 2. The van der Waals surface area contributed by atoms with Crippen LogP contribution in [0.3, 0.4) is 0 Å². The molecule has 0 amide bonds. The highest BCUT2D eigenvalue weighted by atomic mass is 35.5. The summed E-state index contributed by atoms with van der Waals surface area (Å²) in [5.74, 6) is -0.934. The van der Waals surface area contributed by atoms with Gasteiger partial charge in [-0.2, -0.15) is 0 Å². The van der Waals surface area contributed by atoms with Crippen molar-refractivity contribution >= 4 is 23.5 Å². The summed E-state index contributed by atoms with van der Waals surface area (Å²) in [6.07, 6.45) is 1.40. The van der Waals surface area contributed by atoms with E-state index in [1.54, 1.807) is 0 Å². The summed E-state index contributed by atoms with van der Waals surface area (Å²) >= 11 is 5.92. The number of rotatable bonds is 2. The van der Waals surface area contributed by atoms with Gasteiger partial charge in [-0.3, -0.25) is 4.79 Å². The number of hydrogen-bond acceptors (Lipinski definition) is 4. The Balaban J connectivity index is 2.74. The van der Waals surface area contributed by atoms with Gasteiger partial charge in [-0.15, -0.1) is 0 Å². The molecular weight excluding hydrogens is 220 g/mol. The normalized spacial score (nSPS) is 21.1. The quantitative estimate of drug-likeness (QED) is 0.679. The summed E-state index contributed by atoms with van der Waals surface area (Å²) in [7, 11) is 2.65. The van der Waals surface area contributed by atoms with Crippen molar-refractivity contribution in [2.75, 3.05) is 14.2 Å². The van der Waals surface area contributed by atoms with Gasteiger partial charge < -0.3 is 9.47 Å². The summed E-state index contributed by atoms with van der Waals surface area (Å²) < 4.78 is 9.21. The van der Waals surface area contributed by atoms with Gasteiger partial charge in [0.2, 0.25) is 0 Å². The van der Waals surface area contributed by atoms with Gasteiger partial charge in [0.1, 0.15) is 0 Å². The maximum absolute atomic E-state index is 11.2. The molecule has 0 radical (unpaired) electrons. The highest BCUT2D eigenvalue weighted by Crippen LogP contribution is 2.32. The summed E-state index contributed by atoms with van der Waals surface area (Å²) in [6, 6.07) is 0. The highest BCUT2D eigenvalue weighted by molar-refractivity contribution is 6.31. The second-order valence-corrected chi connectivity index (χ2v) is 3.79. The van der Waals surface area contributed by atoms with Gasteiger partial charge in [-0.05, 0) is 19.3 Å². The minimum atomic E-state index is -0.414. The van der Waals surface area contributed by atoms with E-state index in [4.69, 9.17) is 11.6 Å². The number of carbonyl (C=O) groups is 2. The van der Waals surface area contributed by atoms with Crippen molar-refractivity contribution in [3.05, 3.63) is 10.6 Å². The van der Waals surface area contributed by atoms with Gasteiger partial charge in [0.05, 0.1) is 25.7 Å². The Morgan fingerprint density at radius 3 is 2.47 bits per heavy atom. The van der Waals surface area contributed by atoms with Gasteiger partial charge >= 0.3 is 11.9 Å². The van der Waals surface area contributed by atoms with E-state index < -0.39 is 5.97 Å². The third kappa shape index (κ3) is 2.72. The topological polar surface area (TPSA) is 52.6 Å². The molecule has 4 nitrogen and oxygen atoms in total. The number of allylic oxidation sites excluding steroid dienone is 1. The maximum Gasteiger partial charge on any atom is 0.334 e. The van der Waals surface area contributed by atoms with E-state index in [2.05, 4.69) is 9.47 Å². The van der Waals surface area contributed by atoms with Gasteiger partial charge in [0.15, 0.2) is 0 Å². The van der Waals surface area contributed by atoms with Crippen molar-refractivity contribution in [2.45, 2.75) is 19.3 Å². The zero-order valence-corrected chi connectivity index (χ0v) is 9.47. The fourth-order valence-corrected chi connectivity index (χ4v) is 1.96. The van der Waals surface area contributed by atoms with Crippen LogP contribution >= 0.6 is 11.6 Å². The minimum absolute atomic E-state index is 0.240. The Kier molecular flexibility index (Phi) is 4.15. The zero-order chi connectivity index (χ0) is 11.4. The third-order valence-electron chi connectivity index (χ3n) is 2.46. The van der Waals surface area contributed by atoms with E-state index in [1.165, 1.54) is 14.2 Å². The molecule has 0 saturated heterocycles. The van der Waals surface area contributed by atoms with Crippen LogP contribution in [0.1, 0.15) is 19.3 Å². The number of hydrogen-bond donors (Lipinski definition) is 0. The van der Waals surface area contributed by atoms with Crippen LogP contribution in [0.5, 0.6) is 0 Å². The number of ether oxygens (including phenoxy) is 2. The molecule has 0 bridgehead atoms. The maximum atomic E-state index is 11.2. The molecule has 0 aromatic rings. The van der Waals surface area contributed by atoms with Crippen molar-refractivity contribution in [1.82, 2.24) is 0 Å². The SMILES string of the molecule is COC(=O)C1=C(Cl)CC(C(=O)OC)CC1. The van der Waals surface area contributed by atoms with Gasteiger partial charge in [-0.1, -0.05) is 11.6 Å². The van der Waals surface area contributed by atoms with Gasteiger partial charge in [0, 0.05) is 5.03 Å². The summed E-state index contributed by atoms with van der Waals surface area (Å²) in [5, 5.41) is 0.406. The van der Waals surface area contributed by atoms with Crippen molar-refractivity contribution in [2.24, 2.45) is 5.92 Å². The summed E-state index contributed by atoms with van der Waals surface area (Å²) in [6.45, 7) is 0. The van der Waals surface area contributed by atoms with Crippen LogP contribution in [0, 0.1) is 5.92 Å². The molecule has 0 spiro atoms. The Morgan fingerprint density at radius 1 is 1.33 bits per heavy atom. The predicted molar refractivity (Wildman–Crippen MR) is 54.3 cm³/mol. The molecule has 1 rings (SSSR count). The molecule has 0 saturated carbocycles. The van der Waals surface area contributed by atoms with Crippen LogP contribution in [-0.2, 0) is 19.1 Å². The fourth-order valence-electron chi connectivity index (χ4n) is 1.60. The smallest absolute Gasteiger partial charge is 0.334 e. The summed E-state index contributed by atoms with van der Waals surface area (Å²) in [5.41, 5.74) is 0.472. The Bertz CT molecular complexity index is 309. The Labute approximate surface area is 93.2 Å². The largest absolute Gasteiger partial charge is 0.469 e.